The van der Waals surface area contributed by atoms with E-state index in [1.54, 1.807) is 0 Å². The zero-order valence-electron chi connectivity index (χ0n) is 13.0. The lowest BCUT2D eigenvalue weighted by atomic mass is 9.76. The number of likely N-dealkylation sites (N-methyl/N-ethyl adjacent to an activating group) is 1. The van der Waals surface area contributed by atoms with Crippen molar-refractivity contribution in [1.82, 2.24) is 9.88 Å². The molecule has 2 rings (SSSR count). The first-order chi connectivity index (χ1) is 10.1. The van der Waals surface area contributed by atoms with Gasteiger partial charge in [-0.2, -0.15) is 0 Å². The van der Waals surface area contributed by atoms with Gasteiger partial charge >= 0.3 is 5.97 Å². The number of pyridine rings is 1. The number of hydrogen-bond acceptors (Lipinski definition) is 3. The van der Waals surface area contributed by atoms with Crippen LogP contribution in [0.1, 0.15) is 38.3 Å². The van der Waals surface area contributed by atoms with Gasteiger partial charge in [-0.25, -0.2) is 0 Å². The fourth-order valence-electron chi connectivity index (χ4n) is 3.38. The Bertz CT molecular complexity index is 449. The molecule has 1 aromatic rings. The lowest BCUT2D eigenvalue weighted by molar-refractivity contribution is -0.146. The third-order valence-electron chi connectivity index (χ3n) is 4.83. The number of carboxylic acids is 1. The summed E-state index contributed by atoms with van der Waals surface area (Å²) in [6.45, 7) is 3.07. The Labute approximate surface area is 127 Å². The third-order valence-corrected chi connectivity index (χ3v) is 4.83. The topological polar surface area (TPSA) is 53.4 Å². The molecule has 3 unspecified atom stereocenters. The molecule has 1 aliphatic rings. The highest BCUT2D eigenvalue weighted by Gasteiger charge is 2.36. The fraction of sp³-hybridized carbons (Fsp3) is 0.647. The van der Waals surface area contributed by atoms with Crippen LogP contribution in [-0.2, 0) is 11.2 Å². The van der Waals surface area contributed by atoms with Crippen molar-refractivity contribution >= 4 is 5.97 Å². The van der Waals surface area contributed by atoms with E-state index in [-0.39, 0.29) is 12.0 Å². The first-order valence-electron chi connectivity index (χ1n) is 7.94. The van der Waals surface area contributed by atoms with Crippen LogP contribution < -0.4 is 0 Å². The van der Waals surface area contributed by atoms with E-state index < -0.39 is 5.97 Å². The predicted octanol–water partition coefficient (Wildman–Crippen LogP) is 2.84. The number of carbonyl (C=O) groups is 1. The van der Waals surface area contributed by atoms with Crippen molar-refractivity contribution < 1.29 is 9.90 Å². The maximum absolute atomic E-state index is 11.5. The number of carboxylic acid groups (broad SMARTS) is 1. The van der Waals surface area contributed by atoms with Gasteiger partial charge in [0.05, 0.1) is 5.92 Å². The lowest BCUT2D eigenvalue weighted by Crippen LogP contribution is -2.46. The normalized spacial score (nSPS) is 26.0. The maximum atomic E-state index is 11.5. The molecule has 0 aliphatic heterocycles. The van der Waals surface area contributed by atoms with Crippen LogP contribution in [-0.4, -0.2) is 40.6 Å². The smallest absolute Gasteiger partial charge is 0.308 e. The predicted molar refractivity (Wildman–Crippen MR) is 83.1 cm³/mol. The zero-order valence-corrected chi connectivity index (χ0v) is 13.0. The number of aliphatic carboxylic acids is 1. The van der Waals surface area contributed by atoms with E-state index in [9.17, 15) is 9.90 Å². The van der Waals surface area contributed by atoms with Gasteiger partial charge < -0.3 is 10.0 Å². The zero-order chi connectivity index (χ0) is 15.2. The highest BCUT2D eigenvalue weighted by atomic mass is 16.4. The summed E-state index contributed by atoms with van der Waals surface area (Å²) in [7, 11) is 2.06. The number of nitrogens with zero attached hydrogens (tertiary/aromatic N) is 2. The van der Waals surface area contributed by atoms with Crippen LogP contribution in [0.3, 0.4) is 0 Å². The van der Waals surface area contributed by atoms with Crippen LogP contribution in [0.4, 0.5) is 0 Å². The van der Waals surface area contributed by atoms with E-state index in [1.807, 2.05) is 24.4 Å². The van der Waals surface area contributed by atoms with Crippen molar-refractivity contribution in [2.75, 3.05) is 13.6 Å². The van der Waals surface area contributed by atoms with E-state index >= 15 is 0 Å². The van der Waals surface area contributed by atoms with E-state index in [2.05, 4.69) is 23.9 Å². The molecule has 3 atom stereocenters. The van der Waals surface area contributed by atoms with Gasteiger partial charge in [-0.3, -0.25) is 9.78 Å². The second kappa shape index (κ2) is 7.55. The maximum Gasteiger partial charge on any atom is 0.308 e. The highest BCUT2D eigenvalue weighted by molar-refractivity contribution is 5.71. The quantitative estimate of drug-likeness (QED) is 0.875. The Morgan fingerprint density at radius 2 is 2.24 bits per heavy atom. The van der Waals surface area contributed by atoms with E-state index in [0.717, 1.165) is 44.3 Å². The van der Waals surface area contributed by atoms with E-state index in [4.69, 9.17) is 0 Å². The molecule has 0 radical (unpaired) electrons. The summed E-state index contributed by atoms with van der Waals surface area (Å²) in [5.41, 5.74) is 1.07. The minimum atomic E-state index is -0.640. The summed E-state index contributed by atoms with van der Waals surface area (Å²) >= 11 is 0. The summed E-state index contributed by atoms with van der Waals surface area (Å²) in [6, 6.07) is 6.10. The Hall–Kier alpha value is -1.42. The van der Waals surface area contributed by atoms with Crippen LogP contribution in [0, 0.1) is 11.8 Å². The van der Waals surface area contributed by atoms with E-state index in [0.29, 0.717) is 5.92 Å². The van der Waals surface area contributed by atoms with Crippen molar-refractivity contribution in [3.05, 3.63) is 30.1 Å². The first kappa shape index (κ1) is 16.0. The second-order valence-corrected chi connectivity index (χ2v) is 6.15. The molecular formula is C17H26N2O2. The van der Waals surface area contributed by atoms with Crippen molar-refractivity contribution in [2.45, 2.75) is 45.1 Å². The Balaban J connectivity index is 1.96. The monoisotopic (exact) mass is 290 g/mol. The lowest BCUT2D eigenvalue weighted by Gasteiger charge is -2.39. The molecule has 0 bridgehead atoms. The molecule has 1 aliphatic carbocycles. The van der Waals surface area contributed by atoms with Gasteiger partial charge in [-0.1, -0.05) is 19.4 Å². The van der Waals surface area contributed by atoms with Crippen molar-refractivity contribution in [3.63, 3.8) is 0 Å². The van der Waals surface area contributed by atoms with Crippen LogP contribution in [0.15, 0.2) is 24.4 Å². The number of aromatic nitrogens is 1. The minimum absolute atomic E-state index is 0.157. The molecule has 21 heavy (non-hydrogen) atoms. The van der Waals surface area contributed by atoms with Gasteiger partial charge in [0, 0.05) is 30.9 Å². The summed E-state index contributed by atoms with van der Waals surface area (Å²) in [5.74, 6) is -0.191. The SMILES string of the molecule is CCC1CCC(C(=O)O)C(N(C)CCc2ccccn2)C1. The van der Waals surface area contributed by atoms with E-state index in [1.165, 1.54) is 0 Å². The Morgan fingerprint density at radius 1 is 1.43 bits per heavy atom. The third kappa shape index (κ3) is 4.27. The number of rotatable bonds is 6. The summed E-state index contributed by atoms with van der Waals surface area (Å²) in [6.07, 6.45) is 6.70. The van der Waals surface area contributed by atoms with Crippen LogP contribution in [0.5, 0.6) is 0 Å². The van der Waals surface area contributed by atoms with Gasteiger partial charge in [0.25, 0.3) is 0 Å². The average Bonchev–Trinajstić information content (AvgIpc) is 2.52. The van der Waals surface area contributed by atoms with Gasteiger partial charge in [-0.15, -0.1) is 0 Å². The van der Waals surface area contributed by atoms with Gasteiger partial charge in [0.2, 0.25) is 0 Å². The van der Waals surface area contributed by atoms with Gasteiger partial charge in [0.15, 0.2) is 0 Å². The summed E-state index contributed by atoms with van der Waals surface area (Å²) < 4.78 is 0. The Kier molecular flexibility index (Phi) is 5.74. The molecule has 1 aromatic heterocycles. The van der Waals surface area contributed by atoms with Gasteiger partial charge in [0.1, 0.15) is 0 Å². The second-order valence-electron chi connectivity index (χ2n) is 6.15. The van der Waals surface area contributed by atoms with Crippen LogP contribution >= 0.6 is 0 Å². The summed E-state index contributed by atoms with van der Waals surface area (Å²) in [4.78, 5) is 18.1. The fourth-order valence-corrected chi connectivity index (χ4v) is 3.38. The molecule has 1 heterocycles. The summed E-state index contributed by atoms with van der Waals surface area (Å²) in [5, 5.41) is 9.46. The molecule has 0 saturated heterocycles. The number of hydrogen-bond donors (Lipinski definition) is 1. The highest BCUT2D eigenvalue weighted by Crippen LogP contribution is 2.33. The molecular weight excluding hydrogens is 264 g/mol. The van der Waals surface area contributed by atoms with Crippen molar-refractivity contribution in [2.24, 2.45) is 11.8 Å². The van der Waals surface area contributed by atoms with Crippen LogP contribution in [0.25, 0.3) is 0 Å². The molecule has 1 fully saturated rings. The standard InChI is InChI=1S/C17H26N2O2/c1-3-13-7-8-15(17(20)21)16(12-13)19(2)11-9-14-6-4-5-10-18-14/h4-6,10,13,15-16H,3,7-9,11-12H2,1-2H3,(H,20,21). The van der Waals surface area contributed by atoms with Crippen molar-refractivity contribution in [3.8, 4) is 0 Å². The minimum Gasteiger partial charge on any atom is -0.481 e. The first-order valence-corrected chi connectivity index (χ1v) is 7.94. The molecule has 0 aromatic carbocycles. The van der Waals surface area contributed by atoms with Crippen LogP contribution in [0.2, 0.25) is 0 Å². The molecule has 0 spiro atoms. The molecule has 1 saturated carbocycles. The van der Waals surface area contributed by atoms with Gasteiger partial charge in [-0.05, 0) is 44.4 Å². The molecule has 116 valence electrons. The molecule has 1 N–H and O–H groups in total. The molecule has 4 nitrogen and oxygen atoms in total. The Morgan fingerprint density at radius 3 is 2.86 bits per heavy atom. The largest absolute Gasteiger partial charge is 0.481 e. The molecule has 4 heteroatoms. The molecule has 0 amide bonds. The van der Waals surface area contributed by atoms with Crippen molar-refractivity contribution in [1.29, 1.82) is 0 Å². The average molecular weight is 290 g/mol.